The third kappa shape index (κ3) is 4.70. The first kappa shape index (κ1) is 21.2. The molecule has 0 heterocycles. The normalized spacial score (nSPS) is 10.3. The Morgan fingerprint density at radius 2 is 1.23 bits per heavy atom. The number of unbranched alkanes of at least 4 members (excludes halogenated alkanes) is 3. The van der Waals surface area contributed by atoms with Gasteiger partial charge in [0.2, 0.25) is 0 Å². The SMILES string of the molecule is CCCCCCc1ccc(-c2ccc(-c3ccc(OC)cc3)c(C#N)c2C#N)cc1. The van der Waals surface area contributed by atoms with Crippen molar-refractivity contribution in [2.75, 3.05) is 7.11 Å². The molecule has 0 saturated carbocycles. The van der Waals surface area contributed by atoms with Crippen LogP contribution in [0.4, 0.5) is 0 Å². The zero-order valence-electron chi connectivity index (χ0n) is 17.6. The van der Waals surface area contributed by atoms with Gasteiger partial charge in [-0.1, -0.05) is 74.7 Å². The molecule has 0 radical (unpaired) electrons. The monoisotopic (exact) mass is 394 g/mol. The van der Waals surface area contributed by atoms with Gasteiger partial charge >= 0.3 is 0 Å². The highest BCUT2D eigenvalue weighted by atomic mass is 16.5. The van der Waals surface area contributed by atoms with Crippen LogP contribution in [0.2, 0.25) is 0 Å². The smallest absolute Gasteiger partial charge is 0.118 e. The largest absolute Gasteiger partial charge is 0.497 e. The average Bonchev–Trinajstić information content (AvgIpc) is 2.81. The number of rotatable bonds is 8. The van der Waals surface area contributed by atoms with Gasteiger partial charge in [-0.25, -0.2) is 0 Å². The van der Waals surface area contributed by atoms with Crippen LogP contribution in [0.1, 0.15) is 49.3 Å². The molecule has 0 saturated heterocycles. The molecule has 0 fully saturated rings. The average molecular weight is 395 g/mol. The molecular weight excluding hydrogens is 368 g/mol. The highest BCUT2D eigenvalue weighted by Gasteiger charge is 2.16. The van der Waals surface area contributed by atoms with E-state index in [-0.39, 0.29) is 0 Å². The lowest BCUT2D eigenvalue weighted by molar-refractivity contribution is 0.415. The van der Waals surface area contributed by atoms with Gasteiger partial charge in [-0.3, -0.25) is 0 Å². The maximum Gasteiger partial charge on any atom is 0.118 e. The standard InChI is InChI=1S/C27H26N2O/c1-3-4-5-6-7-20-8-10-21(11-9-20)24-16-17-25(27(19-29)26(24)18-28)22-12-14-23(30-2)15-13-22/h8-17H,3-7H2,1-2H3. The lowest BCUT2D eigenvalue weighted by Crippen LogP contribution is -1.95. The maximum atomic E-state index is 9.85. The number of hydrogen-bond acceptors (Lipinski definition) is 3. The minimum Gasteiger partial charge on any atom is -0.497 e. The Balaban J connectivity index is 1.92. The van der Waals surface area contributed by atoms with Crippen LogP contribution in [0.5, 0.6) is 5.75 Å². The van der Waals surface area contributed by atoms with E-state index in [9.17, 15) is 10.5 Å². The molecule has 150 valence electrons. The summed E-state index contributed by atoms with van der Waals surface area (Å²) < 4.78 is 5.21. The number of benzene rings is 3. The minimum atomic E-state index is 0.406. The van der Waals surface area contributed by atoms with Crippen LogP contribution in [-0.2, 0) is 6.42 Å². The molecule has 0 amide bonds. The van der Waals surface area contributed by atoms with Crippen LogP contribution in [0.25, 0.3) is 22.3 Å². The van der Waals surface area contributed by atoms with E-state index in [0.29, 0.717) is 11.1 Å². The summed E-state index contributed by atoms with van der Waals surface area (Å²) in [6.45, 7) is 2.22. The molecule has 0 aliphatic carbocycles. The van der Waals surface area contributed by atoms with Gasteiger partial charge in [0.1, 0.15) is 17.9 Å². The molecule has 0 aliphatic heterocycles. The Morgan fingerprint density at radius 3 is 1.70 bits per heavy atom. The van der Waals surface area contributed by atoms with E-state index in [2.05, 4.69) is 43.3 Å². The first-order chi connectivity index (χ1) is 14.7. The Bertz CT molecular complexity index is 1070. The molecule has 0 unspecified atom stereocenters. The molecule has 0 spiro atoms. The van der Waals surface area contributed by atoms with Crippen molar-refractivity contribution < 1.29 is 4.74 Å². The van der Waals surface area contributed by atoms with Crippen LogP contribution in [0, 0.1) is 22.7 Å². The van der Waals surface area contributed by atoms with E-state index in [1.54, 1.807) is 7.11 Å². The summed E-state index contributed by atoms with van der Waals surface area (Å²) in [5.74, 6) is 0.754. The minimum absolute atomic E-state index is 0.406. The van der Waals surface area contributed by atoms with E-state index < -0.39 is 0 Å². The lowest BCUT2D eigenvalue weighted by Gasteiger charge is -2.12. The van der Waals surface area contributed by atoms with Crippen LogP contribution in [-0.4, -0.2) is 7.11 Å². The number of ether oxygens (including phenoxy) is 1. The van der Waals surface area contributed by atoms with Crippen LogP contribution < -0.4 is 4.74 Å². The third-order valence-corrected chi connectivity index (χ3v) is 5.41. The molecule has 0 N–H and O–H groups in total. The van der Waals surface area contributed by atoms with E-state index in [0.717, 1.165) is 34.4 Å². The predicted molar refractivity (Wildman–Crippen MR) is 121 cm³/mol. The second-order valence-electron chi connectivity index (χ2n) is 7.37. The van der Waals surface area contributed by atoms with Crippen molar-refractivity contribution in [3.8, 4) is 40.1 Å². The van der Waals surface area contributed by atoms with Crippen molar-refractivity contribution in [2.45, 2.75) is 39.0 Å². The van der Waals surface area contributed by atoms with Gasteiger partial charge in [0.05, 0.1) is 18.2 Å². The first-order valence-corrected chi connectivity index (χ1v) is 10.4. The van der Waals surface area contributed by atoms with Crippen molar-refractivity contribution in [1.29, 1.82) is 10.5 Å². The fourth-order valence-corrected chi connectivity index (χ4v) is 3.69. The number of nitrogens with zero attached hydrogens (tertiary/aromatic N) is 2. The fraction of sp³-hybridized carbons (Fsp3) is 0.259. The van der Waals surface area contributed by atoms with Crippen molar-refractivity contribution in [2.24, 2.45) is 0 Å². The van der Waals surface area contributed by atoms with Crippen LogP contribution in [0.15, 0.2) is 60.7 Å². The number of methoxy groups -OCH3 is 1. The number of hydrogen-bond donors (Lipinski definition) is 0. The topological polar surface area (TPSA) is 56.8 Å². The van der Waals surface area contributed by atoms with Gasteiger partial charge in [0.25, 0.3) is 0 Å². The van der Waals surface area contributed by atoms with Crippen molar-refractivity contribution in [1.82, 2.24) is 0 Å². The molecule has 30 heavy (non-hydrogen) atoms. The molecular formula is C27H26N2O. The lowest BCUT2D eigenvalue weighted by atomic mass is 9.90. The Labute approximate surface area is 179 Å². The molecule has 3 rings (SSSR count). The molecule has 3 nitrogen and oxygen atoms in total. The van der Waals surface area contributed by atoms with Gasteiger partial charge in [0, 0.05) is 11.1 Å². The highest BCUT2D eigenvalue weighted by Crippen LogP contribution is 2.33. The molecule has 3 heteroatoms. The van der Waals surface area contributed by atoms with E-state index >= 15 is 0 Å². The van der Waals surface area contributed by atoms with Gasteiger partial charge in [0.15, 0.2) is 0 Å². The van der Waals surface area contributed by atoms with E-state index in [4.69, 9.17) is 4.74 Å². The summed E-state index contributed by atoms with van der Waals surface area (Å²) in [4.78, 5) is 0. The van der Waals surface area contributed by atoms with Gasteiger partial charge in [-0.15, -0.1) is 0 Å². The summed E-state index contributed by atoms with van der Waals surface area (Å²) in [5.41, 5.74) is 5.53. The van der Waals surface area contributed by atoms with Gasteiger partial charge in [-0.05, 0) is 41.7 Å². The Kier molecular flexibility index (Phi) is 7.25. The Hall–Kier alpha value is -3.56. The highest BCUT2D eigenvalue weighted by molar-refractivity contribution is 5.82. The second kappa shape index (κ2) is 10.3. The predicted octanol–water partition coefficient (Wildman–Crippen LogP) is 6.90. The van der Waals surface area contributed by atoms with E-state index in [1.165, 1.54) is 31.2 Å². The van der Waals surface area contributed by atoms with Crippen LogP contribution in [0.3, 0.4) is 0 Å². The second-order valence-corrected chi connectivity index (χ2v) is 7.37. The van der Waals surface area contributed by atoms with Crippen molar-refractivity contribution >= 4 is 0 Å². The van der Waals surface area contributed by atoms with E-state index in [1.807, 2.05) is 36.4 Å². The van der Waals surface area contributed by atoms with Gasteiger partial charge < -0.3 is 4.74 Å². The van der Waals surface area contributed by atoms with Gasteiger partial charge in [-0.2, -0.15) is 10.5 Å². The number of nitriles is 2. The fourth-order valence-electron chi connectivity index (χ4n) is 3.69. The number of aryl methyl sites for hydroxylation is 1. The first-order valence-electron chi connectivity index (χ1n) is 10.4. The molecule has 3 aromatic carbocycles. The summed E-state index contributed by atoms with van der Waals surface area (Å²) in [6.07, 6.45) is 6.05. The molecule has 0 bridgehead atoms. The summed E-state index contributed by atoms with van der Waals surface area (Å²) >= 11 is 0. The molecule has 0 aromatic heterocycles. The maximum absolute atomic E-state index is 9.85. The zero-order valence-corrected chi connectivity index (χ0v) is 17.6. The summed E-state index contributed by atoms with van der Waals surface area (Å²) in [7, 11) is 1.62. The third-order valence-electron chi connectivity index (χ3n) is 5.41. The van der Waals surface area contributed by atoms with Crippen molar-refractivity contribution in [3.05, 3.63) is 77.4 Å². The molecule has 3 aromatic rings. The molecule has 0 atom stereocenters. The quantitative estimate of drug-likeness (QED) is 0.391. The zero-order chi connectivity index (χ0) is 21.3. The molecule has 0 aliphatic rings. The van der Waals surface area contributed by atoms with Crippen molar-refractivity contribution in [3.63, 3.8) is 0 Å². The Morgan fingerprint density at radius 1 is 0.700 bits per heavy atom. The van der Waals surface area contributed by atoms with Crippen LogP contribution >= 0.6 is 0 Å². The summed E-state index contributed by atoms with van der Waals surface area (Å²) in [5, 5.41) is 19.7. The summed E-state index contributed by atoms with van der Waals surface area (Å²) in [6, 6.07) is 24.3.